The van der Waals surface area contributed by atoms with Gasteiger partial charge in [0.2, 0.25) is 0 Å². The van der Waals surface area contributed by atoms with Crippen molar-refractivity contribution in [1.82, 2.24) is 15.3 Å². The molecular formula is C14H27N5. The van der Waals surface area contributed by atoms with Crippen molar-refractivity contribution in [3.8, 4) is 0 Å². The lowest BCUT2D eigenvalue weighted by Gasteiger charge is -2.25. The molecule has 0 atom stereocenters. The van der Waals surface area contributed by atoms with Crippen LogP contribution in [0.4, 0.5) is 11.6 Å². The Morgan fingerprint density at radius 1 is 1.05 bits per heavy atom. The van der Waals surface area contributed by atoms with E-state index in [1.165, 1.54) is 0 Å². The first-order valence-corrected chi connectivity index (χ1v) is 6.68. The van der Waals surface area contributed by atoms with Gasteiger partial charge in [-0.2, -0.15) is 0 Å². The number of anilines is 2. The number of hydrogen-bond donors (Lipinski definition) is 3. The number of nitrogens with one attached hydrogen (secondary N) is 3. The van der Waals surface area contributed by atoms with E-state index >= 15 is 0 Å². The number of likely N-dealkylation sites (N-methyl/N-ethyl adjacent to an activating group) is 1. The molecule has 0 aliphatic carbocycles. The molecule has 0 bridgehead atoms. The Labute approximate surface area is 116 Å². The Morgan fingerprint density at radius 3 is 2.16 bits per heavy atom. The fourth-order valence-corrected chi connectivity index (χ4v) is 1.51. The molecule has 0 saturated carbocycles. The van der Waals surface area contributed by atoms with Crippen molar-refractivity contribution in [3.63, 3.8) is 0 Å². The summed E-state index contributed by atoms with van der Waals surface area (Å²) in [4.78, 5) is 8.82. The van der Waals surface area contributed by atoms with Crippen LogP contribution in [0.5, 0.6) is 0 Å². The van der Waals surface area contributed by atoms with Gasteiger partial charge in [-0.15, -0.1) is 0 Å². The minimum absolute atomic E-state index is 0.0116. The van der Waals surface area contributed by atoms with Crippen molar-refractivity contribution in [2.24, 2.45) is 0 Å². The van der Waals surface area contributed by atoms with Crippen molar-refractivity contribution in [3.05, 3.63) is 11.9 Å². The molecule has 1 heterocycles. The van der Waals surface area contributed by atoms with Crippen molar-refractivity contribution in [2.45, 2.75) is 52.6 Å². The van der Waals surface area contributed by atoms with Crippen LogP contribution in [-0.4, -0.2) is 34.6 Å². The van der Waals surface area contributed by atoms with Crippen LogP contribution in [0.1, 0.15) is 40.4 Å². The van der Waals surface area contributed by atoms with E-state index in [9.17, 15) is 0 Å². The van der Waals surface area contributed by atoms with Crippen molar-refractivity contribution >= 4 is 11.6 Å². The first-order valence-electron chi connectivity index (χ1n) is 6.68. The maximum Gasteiger partial charge on any atom is 0.132 e. The van der Waals surface area contributed by atoms with Gasteiger partial charge in [0.25, 0.3) is 0 Å². The molecule has 0 amide bonds. The van der Waals surface area contributed by atoms with E-state index in [-0.39, 0.29) is 11.1 Å². The summed E-state index contributed by atoms with van der Waals surface area (Å²) in [5.74, 6) is 2.46. The van der Waals surface area contributed by atoms with Crippen LogP contribution >= 0.6 is 0 Å². The maximum atomic E-state index is 4.41. The lowest BCUT2D eigenvalue weighted by molar-refractivity contribution is 0.447. The summed E-state index contributed by atoms with van der Waals surface area (Å²) in [6, 6.07) is 1.95. The average molecular weight is 265 g/mol. The van der Waals surface area contributed by atoms with Gasteiger partial charge in [-0.3, -0.25) is 0 Å². The summed E-state index contributed by atoms with van der Waals surface area (Å²) in [7, 11) is 1.96. The van der Waals surface area contributed by atoms with Gasteiger partial charge in [0.15, 0.2) is 0 Å². The van der Waals surface area contributed by atoms with Crippen LogP contribution in [0, 0.1) is 6.92 Å². The zero-order valence-electron chi connectivity index (χ0n) is 13.2. The lowest BCUT2D eigenvalue weighted by atomic mass is 10.1. The Morgan fingerprint density at radius 2 is 1.63 bits per heavy atom. The van der Waals surface area contributed by atoms with Crippen molar-refractivity contribution < 1.29 is 0 Å². The smallest absolute Gasteiger partial charge is 0.132 e. The second-order valence-corrected chi connectivity index (χ2v) is 6.55. The van der Waals surface area contributed by atoms with Gasteiger partial charge in [0, 0.05) is 23.7 Å². The molecule has 1 aromatic rings. The van der Waals surface area contributed by atoms with Crippen LogP contribution in [-0.2, 0) is 0 Å². The Balaban J connectivity index is 2.80. The fraction of sp³-hybridized carbons (Fsp3) is 0.714. The van der Waals surface area contributed by atoms with E-state index < -0.39 is 0 Å². The monoisotopic (exact) mass is 265 g/mol. The highest BCUT2D eigenvalue weighted by Gasteiger charge is 2.15. The summed E-state index contributed by atoms with van der Waals surface area (Å²) in [5, 5.41) is 9.97. The van der Waals surface area contributed by atoms with E-state index in [4.69, 9.17) is 0 Å². The van der Waals surface area contributed by atoms with Gasteiger partial charge < -0.3 is 16.0 Å². The van der Waals surface area contributed by atoms with Crippen LogP contribution in [0.2, 0.25) is 0 Å². The fourth-order valence-electron chi connectivity index (χ4n) is 1.51. The molecule has 1 aromatic heterocycles. The summed E-state index contributed by atoms with van der Waals surface area (Å²) in [6.07, 6.45) is 0. The standard InChI is InChI=1S/C14H27N5/c1-10-17-11(16-9-14(5,6)15-7)8-12(18-10)19-13(2,3)4/h8,15H,9H2,1-7H3,(H2,16,17,18,19). The van der Waals surface area contributed by atoms with Crippen molar-refractivity contribution in [2.75, 3.05) is 24.2 Å². The molecule has 19 heavy (non-hydrogen) atoms. The highest BCUT2D eigenvalue weighted by atomic mass is 15.1. The predicted molar refractivity (Wildman–Crippen MR) is 81.8 cm³/mol. The molecule has 0 radical (unpaired) electrons. The van der Waals surface area contributed by atoms with Crippen LogP contribution < -0.4 is 16.0 Å². The molecule has 3 N–H and O–H groups in total. The maximum absolute atomic E-state index is 4.41. The van der Waals surface area contributed by atoms with Gasteiger partial charge in [-0.25, -0.2) is 9.97 Å². The van der Waals surface area contributed by atoms with Gasteiger partial charge >= 0.3 is 0 Å². The van der Waals surface area contributed by atoms with E-state index in [0.717, 1.165) is 24.0 Å². The van der Waals surface area contributed by atoms with E-state index in [2.05, 4.69) is 60.5 Å². The molecule has 1 rings (SSSR count). The second-order valence-electron chi connectivity index (χ2n) is 6.55. The number of aryl methyl sites for hydroxylation is 1. The first kappa shape index (κ1) is 15.7. The topological polar surface area (TPSA) is 61.9 Å². The highest BCUT2D eigenvalue weighted by molar-refractivity contribution is 5.48. The number of aromatic nitrogens is 2. The molecular weight excluding hydrogens is 238 g/mol. The molecule has 5 nitrogen and oxygen atoms in total. The molecule has 0 fully saturated rings. The molecule has 0 aliphatic rings. The quantitative estimate of drug-likeness (QED) is 0.763. The van der Waals surface area contributed by atoms with Gasteiger partial charge in [-0.05, 0) is 48.6 Å². The Kier molecular flexibility index (Phi) is 4.74. The second kappa shape index (κ2) is 5.74. The summed E-state index contributed by atoms with van der Waals surface area (Å²) in [5.41, 5.74) is 0.0127. The molecule has 0 unspecified atom stereocenters. The van der Waals surface area contributed by atoms with Crippen LogP contribution in [0.15, 0.2) is 6.07 Å². The molecule has 0 saturated heterocycles. The summed E-state index contributed by atoms with van der Waals surface area (Å²) < 4.78 is 0. The lowest BCUT2D eigenvalue weighted by Crippen LogP contribution is -2.42. The third kappa shape index (κ3) is 5.87. The third-order valence-corrected chi connectivity index (χ3v) is 2.73. The Hall–Kier alpha value is -1.36. The molecule has 0 aromatic carbocycles. The average Bonchev–Trinajstić information content (AvgIpc) is 2.23. The predicted octanol–water partition coefficient (Wildman–Crippen LogP) is 2.41. The van der Waals surface area contributed by atoms with E-state index in [0.29, 0.717) is 0 Å². The largest absolute Gasteiger partial charge is 0.368 e. The SMILES string of the molecule is CNC(C)(C)CNc1cc(NC(C)(C)C)nc(C)n1. The molecule has 0 spiro atoms. The van der Waals surface area contributed by atoms with E-state index in [1.807, 2.05) is 20.0 Å². The van der Waals surface area contributed by atoms with Crippen LogP contribution in [0.25, 0.3) is 0 Å². The molecule has 5 heteroatoms. The zero-order chi connectivity index (χ0) is 14.7. The normalized spacial score (nSPS) is 12.4. The number of hydrogen-bond acceptors (Lipinski definition) is 5. The van der Waals surface area contributed by atoms with Gasteiger partial charge in [-0.1, -0.05) is 0 Å². The molecule has 108 valence electrons. The Bertz CT molecular complexity index is 420. The van der Waals surface area contributed by atoms with Crippen molar-refractivity contribution in [1.29, 1.82) is 0 Å². The van der Waals surface area contributed by atoms with Crippen LogP contribution in [0.3, 0.4) is 0 Å². The summed E-state index contributed by atoms with van der Waals surface area (Å²) in [6.45, 7) is 13.3. The number of nitrogens with zero attached hydrogens (tertiary/aromatic N) is 2. The van der Waals surface area contributed by atoms with Gasteiger partial charge in [0.05, 0.1) is 0 Å². The zero-order valence-corrected chi connectivity index (χ0v) is 13.2. The first-order chi connectivity index (χ1) is 8.61. The minimum atomic E-state index is -0.0116. The van der Waals surface area contributed by atoms with Gasteiger partial charge in [0.1, 0.15) is 17.5 Å². The third-order valence-electron chi connectivity index (χ3n) is 2.73. The molecule has 0 aliphatic heterocycles. The summed E-state index contributed by atoms with van der Waals surface area (Å²) >= 11 is 0. The minimum Gasteiger partial charge on any atom is -0.368 e. The van der Waals surface area contributed by atoms with E-state index in [1.54, 1.807) is 0 Å². The number of rotatable bonds is 5. The highest BCUT2D eigenvalue weighted by Crippen LogP contribution is 2.16.